The standard InChI is InChI=1S/C26H26N8O4S/c1-33(26-27-12-17(13-28-26)25(36)32-37)14-18-11-20-22(39-18)24(34-6-8-38-9-7-34)31-23(30-20)16-2-4-19-15(10-16)3-5-21(35)29-19/h2,4,10-13,37H,3,5-9,14H2,1H3,(H,29,35)(H,32,36). The van der Waals surface area contributed by atoms with Crippen LogP contribution in [0.1, 0.15) is 27.2 Å². The van der Waals surface area contributed by atoms with Crippen molar-refractivity contribution in [2.45, 2.75) is 19.4 Å². The number of anilines is 3. The van der Waals surface area contributed by atoms with Crippen LogP contribution in [0.4, 0.5) is 17.5 Å². The van der Waals surface area contributed by atoms with E-state index in [1.807, 2.05) is 24.1 Å². The third kappa shape index (κ3) is 5.11. The SMILES string of the molecule is CN(Cc1cc2nc(-c3ccc4c(c3)CCC(=O)N4)nc(N3CCOCC3)c2s1)c1ncc(C(=O)NO)cn1. The predicted octanol–water partition coefficient (Wildman–Crippen LogP) is 2.62. The van der Waals surface area contributed by atoms with E-state index in [1.54, 1.807) is 16.8 Å². The number of aryl methyl sites for hydroxylation is 1. The minimum atomic E-state index is -0.664. The van der Waals surface area contributed by atoms with Crippen LogP contribution >= 0.6 is 11.3 Å². The van der Waals surface area contributed by atoms with Gasteiger partial charge in [-0.1, -0.05) is 0 Å². The van der Waals surface area contributed by atoms with Gasteiger partial charge in [0.25, 0.3) is 5.91 Å². The summed E-state index contributed by atoms with van der Waals surface area (Å²) in [6.07, 6.45) is 3.90. The number of carbonyl (C=O) groups is 2. The lowest BCUT2D eigenvalue weighted by atomic mass is 10.00. The molecule has 0 radical (unpaired) electrons. The Kier molecular flexibility index (Phi) is 6.77. The number of nitrogens with zero attached hydrogens (tertiary/aromatic N) is 6. The lowest BCUT2D eigenvalue weighted by molar-refractivity contribution is -0.116. The molecule has 1 fully saturated rings. The number of rotatable bonds is 6. The van der Waals surface area contributed by atoms with E-state index in [2.05, 4.69) is 32.3 Å². The maximum atomic E-state index is 11.8. The molecule has 0 saturated carbocycles. The van der Waals surface area contributed by atoms with Crippen molar-refractivity contribution in [3.63, 3.8) is 0 Å². The molecule has 5 heterocycles. The Labute approximate surface area is 227 Å². The first kappa shape index (κ1) is 25.1. The van der Waals surface area contributed by atoms with E-state index in [1.165, 1.54) is 12.4 Å². The summed E-state index contributed by atoms with van der Waals surface area (Å²) in [4.78, 5) is 47.0. The highest BCUT2D eigenvalue weighted by Gasteiger charge is 2.22. The van der Waals surface area contributed by atoms with Gasteiger partial charge >= 0.3 is 0 Å². The zero-order chi connectivity index (χ0) is 26.9. The van der Waals surface area contributed by atoms with Crippen LogP contribution in [0.5, 0.6) is 0 Å². The van der Waals surface area contributed by atoms with Gasteiger partial charge in [-0.15, -0.1) is 11.3 Å². The largest absolute Gasteiger partial charge is 0.378 e. The summed E-state index contributed by atoms with van der Waals surface area (Å²) in [5.74, 6) is 1.35. The molecule has 12 nitrogen and oxygen atoms in total. The number of fused-ring (bicyclic) bond motifs is 2. The van der Waals surface area contributed by atoms with Gasteiger partial charge in [-0.2, -0.15) is 0 Å². The Hall–Kier alpha value is -4.20. The second-order valence-electron chi connectivity index (χ2n) is 9.39. The monoisotopic (exact) mass is 546 g/mol. The molecule has 2 amide bonds. The smallest absolute Gasteiger partial charge is 0.277 e. The van der Waals surface area contributed by atoms with Gasteiger partial charge in [0.2, 0.25) is 11.9 Å². The number of hydrogen-bond acceptors (Lipinski definition) is 11. The van der Waals surface area contributed by atoms with Crippen molar-refractivity contribution in [3.05, 3.63) is 52.7 Å². The first-order valence-corrected chi connectivity index (χ1v) is 13.3. The Balaban J connectivity index is 1.34. The van der Waals surface area contributed by atoms with Crippen LogP contribution in [0.15, 0.2) is 36.7 Å². The molecule has 2 aliphatic rings. The van der Waals surface area contributed by atoms with Crippen LogP contribution in [0.25, 0.3) is 21.6 Å². The summed E-state index contributed by atoms with van der Waals surface area (Å²) in [7, 11) is 1.87. The molecule has 6 rings (SSSR count). The minimum Gasteiger partial charge on any atom is -0.378 e. The van der Waals surface area contributed by atoms with E-state index in [0.717, 1.165) is 50.8 Å². The zero-order valence-corrected chi connectivity index (χ0v) is 22.0. The normalized spacial score (nSPS) is 15.1. The van der Waals surface area contributed by atoms with Gasteiger partial charge in [-0.05, 0) is 36.2 Å². The Bertz CT molecular complexity index is 1550. The summed E-state index contributed by atoms with van der Waals surface area (Å²) in [6, 6.07) is 8.01. The fraction of sp³-hybridized carbons (Fsp3) is 0.308. The average Bonchev–Trinajstić information content (AvgIpc) is 3.38. The van der Waals surface area contributed by atoms with Crippen molar-refractivity contribution in [2.75, 3.05) is 48.5 Å². The van der Waals surface area contributed by atoms with Gasteiger partial charge < -0.3 is 19.9 Å². The summed E-state index contributed by atoms with van der Waals surface area (Å²) < 4.78 is 6.59. The van der Waals surface area contributed by atoms with Crippen LogP contribution in [0.3, 0.4) is 0 Å². The van der Waals surface area contributed by atoms with Gasteiger partial charge in [0.15, 0.2) is 11.6 Å². The highest BCUT2D eigenvalue weighted by atomic mass is 32.1. The number of aromatic nitrogens is 4. The molecule has 0 aliphatic carbocycles. The lowest BCUT2D eigenvalue weighted by Gasteiger charge is -2.28. The van der Waals surface area contributed by atoms with E-state index in [4.69, 9.17) is 19.9 Å². The molecule has 2 aliphatic heterocycles. The summed E-state index contributed by atoms with van der Waals surface area (Å²) in [5, 5.41) is 11.7. The molecule has 1 aromatic carbocycles. The molecule has 3 N–H and O–H groups in total. The molecule has 0 bridgehead atoms. The fourth-order valence-corrected chi connectivity index (χ4v) is 5.85. The first-order valence-electron chi connectivity index (χ1n) is 12.5. The molecule has 39 heavy (non-hydrogen) atoms. The van der Waals surface area contributed by atoms with Gasteiger partial charge in [0, 0.05) is 55.1 Å². The molecule has 3 aromatic heterocycles. The number of hydrogen-bond donors (Lipinski definition) is 3. The summed E-state index contributed by atoms with van der Waals surface area (Å²) in [6.45, 7) is 3.31. The Morgan fingerprint density at radius 2 is 1.97 bits per heavy atom. The highest BCUT2D eigenvalue weighted by molar-refractivity contribution is 7.19. The van der Waals surface area contributed by atoms with E-state index < -0.39 is 5.91 Å². The van der Waals surface area contributed by atoms with E-state index in [0.29, 0.717) is 44.4 Å². The van der Waals surface area contributed by atoms with Crippen LogP contribution in [0, 0.1) is 0 Å². The van der Waals surface area contributed by atoms with Crippen LogP contribution in [-0.2, 0) is 22.5 Å². The predicted molar refractivity (Wildman–Crippen MR) is 146 cm³/mol. The number of morpholine rings is 1. The lowest BCUT2D eigenvalue weighted by Crippen LogP contribution is -2.36. The van der Waals surface area contributed by atoms with Crippen molar-refractivity contribution in [2.24, 2.45) is 0 Å². The van der Waals surface area contributed by atoms with Gasteiger partial charge in [-0.25, -0.2) is 25.4 Å². The van der Waals surface area contributed by atoms with Gasteiger partial charge in [0.1, 0.15) is 0 Å². The number of amides is 2. The van der Waals surface area contributed by atoms with Crippen LogP contribution in [0.2, 0.25) is 0 Å². The van der Waals surface area contributed by atoms with E-state index in [9.17, 15) is 9.59 Å². The maximum Gasteiger partial charge on any atom is 0.277 e. The number of thiophene rings is 1. The molecule has 0 atom stereocenters. The van der Waals surface area contributed by atoms with Gasteiger partial charge in [0.05, 0.1) is 35.5 Å². The molecule has 1 saturated heterocycles. The fourth-order valence-electron chi connectivity index (χ4n) is 4.69. The third-order valence-corrected chi connectivity index (χ3v) is 7.82. The van der Waals surface area contributed by atoms with Crippen molar-refractivity contribution >= 4 is 50.8 Å². The molecule has 13 heteroatoms. The quantitative estimate of drug-likeness (QED) is 0.244. The number of hydroxylamine groups is 1. The number of nitrogens with one attached hydrogen (secondary N) is 2. The van der Waals surface area contributed by atoms with Crippen molar-refractivity contribution in [3.8, 4) is 11.4 Å². The minimum absolute atomic E-state index is 0.0373. The first-order chi connectivity index (χ1) is 19.0. The molecular weight excluding hydrogens is 520 g/mol. The maximum absolute atomic E-state index is 11.8. The van der Waals surface area contributed by atoms with Crippen LogP contribution in [-0.4, -0.2) is 70.3 Å². The zero-order valence-electron chi connectivity index (χ0n) is 21.2. The van der Waals surface area contributed by atoms with Crippen molar-refractivity contribution in [1.82, 2.24) is 25.4 Å². The number of benzene rings is 1. The van der Waals surface area contributed by atoms with E-state index >= 15 is 0 Å². The second-order valence-corrected chi connectivity index (χ2v) is 10.5. The Morgan fingerprint density at radius 1 is 1.18 bits per heavy atom. The summed E-state index contributed by atoms with van der Waals surface area (Å²) in [5.41, 5.74) is 5.44. The van der Waals surface area contributed by atoms with Crippen LogP contribution < -0.4 is 20.6 Å². The summed E-state index contributed by atoms with van der Waals surface area (Å²) >= 11 is 1.63. The highest BCUT2D eigenvalue weighted by Crippen LogP contribution is 2.36. The Morgan fingerprint density at radius 3 is 2.74 bits per heavy atom. The van der Waals surface area contributed by atoms with Gasteiger partial charge in [-0.3, -0.25) is 14.8 Å². The molecular formula is C26H26N8O4S. The topological polar surface area (TPSA) is 146 Å². The third-order valence-electron chi connectivity index (χ3n) is 6.71. The molecule has 4 aromatic rings. The van der Waals surface area contributed by atoms with E-state index in [-0.39, 0.29) is 11.5 Å². The average molecular weight is 547 g/mol. The van der Waals surface area contributed by atoms with Crippen molar-refractivity contribution < 1.29 is 19.5 Å². The second kappa shape index (κ2) is 10.5. The molecule has 200 valence electrons. The number of ether oxygens (including phenoxy) is 1. The van der Waals surface area contributed by atoms with Crippen molar-refractivity contribution in [1.29, 1.82) is 0 Å². The molecule has 0 unspecified atom stereocenters. The molecule has 0 spiro atoms. The number of carbonyl (C=O) groups excluding carboxylic acids is 2.